The first-order valence-corrected chi connectivity index (χ1v) is 4.45. The van der Waals surface area contributed by atoms with Gasteiger partial charge in [-0.15, -0.1) is 0 Å². The van der Waals surface area contributed by atoms with Crippen LogP contribution < -0.4 is 0 Å². The van der Waals surface area contributed by atoms with Crippen LogP contribution in [0.25, 0.3) is 0 Å². The van der Waals surface area contributed by atoms with Crippen molar-refractivity contribution >= 4 is 0 Å². The Bertz CT molecular complexity index is 282. The van der Waals surface area contributed by atoms with Gasteiger partial charge in [0.25, 0.3) is 0 Å². The Balaban J connectivity index is 2.23. The van der Waals surface area contributed by atoms with Crippen LogP contribution in [0, 0.1) is 13.8 Å². The molecule has 1 heterocycles. The molecule has 2 heteroatoms. The van der Waals surface area contributed by atoms with E-state index in [0.717, 1.165) is 18.5 Å². The maximum absolute atomic E-state index is 4.47. The van der Waals surface area contributed by atoms with E-state index in [2.05, 4.69) is 42.0 Å². The molecule has 1 aromatic heterocycles. The van der Waals surface area contributed by atoms with Crippen molar-refractivity contribution in [2.24, 2.45) is 0 Å². The summed E-state index contributed by atoms with van der Waals surface area (Å²) in [6.45, 7) is 4.18. The minimum absolute atomic E-state index is 0.581. The minimum atomic E-state index is 0.581. The molecule has 0 saturated carbocycles. The van der Waals surface area contributed by atoms with Gasteiger partial charge in [-0.25, -0.2) is 0 Å². The molecule has 0 bridgehead atoms. The Morgan fingerprint density at radius 3 is 2.50 bits per heavy atom. The van der Waals surface area contributed by atoms with Crippen LogP contribution in [-0.2, 0) is 0 Å². The summed E-state index contributed by atoms with van der Waals surface area (Å²) < 4.78 is 2.10. The van der Waals surface area contributed by atoms with Crippen molar-refractivity contribution in [1.82, 2.24) is 9.78 Å². The van der Waals surface area contributed by atoms with Gasteiger partial charge < -0.3 is 0 Å². The van der Waals surface area contributed by atoms with Gasteiger partial charge in [0, 0.05) is 6.20 Å². The SMILES string of the molecule is Cc1cn(C2CC=CC2)nc1C. The Labute approximate surface area is 72.9 Å². The zero-order valence-electron chi connectivity index (χ0n) is 7.62. The van der Waals surface area contributed by atoms with Gasteiger partial charge in [-0.1, -0.05) is 12.2 Å². The third kappa shape index (κ3) is 1.17. The van der Waals surface area contributed by atoms with E-state index in [0.29, 0.717) is 6.04 Å². The van der Waals surface area contributed by atoms with Gasteiger partial charge in [0.1, 0.15) is 0 Å². The Morgan fingerprint density at radius 1 is 1.33 bits per heavy atom. The first kappa shape index (κ1) is 7.59. The van der Waals surface area contributed by atoms with Crippen molar-refractivity contribution in [1.29, 1.82) is 0 Å². The molecule has 1 aliphatic carbocycles. The van der Waals surface area contributed by atoms with E-state index in [1.807, 2.05) is 0 Å². The lowest BCUT2D eigenvalue weighted by molar-refractivity contribution is 0.478. The summed E-state index contributed by atoms with van der Waals surface area (Å²) in [5, 5.41) is 4.47. The molecule has 0 spiro atoms. The molecule has 0 radical (unpaired) electrons. The van der Waals surface area contributed by atoms with Gasteiger partial charge in [-0.2, -0.15) is 5.10 Å². The van der Waals surface area contributed by atoms with Gasteiger partial charge in [-0.05, 0) is 32.3 Å². The molecule has 0 aromatic carbocycles. The molecule has 1 aliphatic rings. The summed E-state index contributed by atoms with van der Waals surface area (Å²) in [5.41, 5.74) is 2.45. The lowest BCUT2D eigenvalue weighted by atomic mass is 10.2. The first-order valence-electron chi connectivity index (χ1n) is 4.45. The van der Waals surface area contributed by atoms with Gasteiger partial charge in [0.2, 0.25) is 0 Å². The smallest absolute Gasteiger partial charge is 0.0622 e. The molecular formula is C10H14N2. The molecule has 0 saturated heterocycles. The third-order valence-corrected chi connectivity index (χ3v) is 2.52. The average molecular weight is 162 g/mol. The molecule has 0 fully saturated rings. The summed E-state index contributed by atoms with van der Waals surface area (Å²) in [6, 6.07) is 0.581. The molecule has 64 valence electrons. The largest absolute Gasteiger partial charge is 0.269 e. The number of rotatable bonds is 1. The minimum Gasteiger partial charge on any atom is -0.269 e. The topological polar surface area (TPSA) is 17.8 Å². The van der Waals surface area contributed by atoms with Crippen LogP contribution in [0.2, 0.25) is 0 Å². The van der Waals surface area contributed by atoms with Crippen LogP contribution in [0.5, 0.6) is 0 Å². The van der Waals surface area contributed by atoms with E-state index in [-0.39, 0.29) is 0 Å². The van der Waals surface area contributed by atoms with Crippen molar-refractivity contribution in [3.05, 3.63) is 29.6 Å². The number of aromatic nitrogens is 2. The van der Waals surface area contributed by atoms with E-state index >= 15 is 0 Å². The zero-order chi connectivity index (χ0) is 8.55. The number of aryl methyl sites for hydroxylation is 2. The monoisotopic (exact) mass is 162 g/mol. The van der Waals surface area contributed by atoms with Crippen molar-refractivity contribution in [2.45, 2.75) is 32.7 Å². The highest BCUT2D eigenvalue weighted by molar-refractivity contribution is 5.13. The Kier molecular flexibility index (Phi) is 1.75. The third-order valence-electron chi connectivity index (χ3n) is 2.52. The molecule has 0 aliphatic heterocycles. The normalized spacial score (nSPS) is 17.5. The van der Waals surface area contributed by atoms with Crippen LogP contribution in [0.3, 0.4) is 0 Å². The molecule has 12 heavy (non-hydrogen) atoms. The predicted octanol–water partition coefficient (Wildman–Crippen LogP) is 2.39. The van der Waals surface area contributed by atoms with E-state index in [1.165, 1.54) is 5.56 Å². The standard InChI is InChI=1S/C10H14N2/c1-8-7-12(11-9(8)2)10-5-3-4-6-10/h3-4,7,10H,5-6H2,1-2H3. The fourth-order valence-electron chi connectivity index (χ4n) is 1.58. The number of allylic oxidation sites excluding steroid dienone is 2. The van der Waals surface area contributed by atoms with Gasteiger partial charge in [0.15, 0.2) is 0 Å². The van der Waals surface area contributed by atoms with Crippen LogP contribution in [0.1, 0.15) is 30.1 Å². The molecule has 0 unspecified atom stereocenters. The highest BCUT2D eigenvalue weighted by atomic mass is 15.3. The van der Waals surface area contributed by atoms with Gasteiger partial charge in [-0.3, -0.25) is 4.68 Å². The van der Waals surface area contributed by atoms with Gasteiger partial charge in [0.05, 0.1) is 11.7 Å². The molecule has 1 aromatic rings. The second kappa shape index (κ2) is 2.77. The van der Waals surface area contributed by atoms with E-state index < -0.39 is 0 Å². The molecule has 2 nitrogen and oxygen atoms in total. The number of hydrogen-bond acceptors (Lipinski definition) is 1. The van der Waals surface area contributed by atoms with Crippen LogP contribution in [0.15, 0.2) is 18.3 Å². The van der Waals surface area contributed by atoms with E-state index in [4.69, 9.17) is 0 Å². The lowest BCUT2D eigenvalue weighted by Crippen LogP contribution is -2.05. The van der Waals surface area contributed by atoms with Crippen molar-refractivity contribution in [3.63, 3.8) is 0 Å². The Hall–Kier alpha value is -1.05. The van der Waals surface area contributed by atoms with Crippen LogP contribution >= 0.6 is 0 Å². The van der Waals surface area contributed by atoms with Crippen molar-refractivity contribution in [3.8, 4) is 0 Å². The number of hydrogen-bond donors (Lipinski definition) is 0. The quantitative estimate of drug-likeness (QED) is 0.580. The summed E-state index contributed by atoms with van der Waals surface area (Å²) in [5.74, 6) is 0. The summed E-state index contributed by atoms with van der Waals surface area (Å²) in [7, 11) is 0. The second-order valence-corrected chi connectivity index (χ2v) is 3.47. The molecule has 0 atom stereocenters. The first-order chi connectivity index (χ1) is 5.77. The van der Waals surface area contributed by atoms with E-state index in [1.54, 1.807) is 0 Å². The van der Waals surface area contributed by atoms with E-state index in [9.17, 15) is 0 Å². The number of nitrogens with zero attached hydrogens (tertiary/aromatic N) is 2. The summed E-state index contributed by atoms with van der Waals surface area (Å²) >= 11 is 0. The van der Waals surface area contributed by atoms with Crippen LogP contribution in [0.4, 0.5) is 0 Å². The zero-order valence-corrected chi connectivity index (χ0v) is 7.62. The average Bonchev–Trinajstić information content (AvgIpc) is 2.61. The predicted molar refractivity (Wildman–Crippen MR) is 49.1 cm³/mol. The molecule has 0 N–H and O–H groups in total. The Morgan fingerprint density at radius 2 is 2.00 bits per heavy atom. The molecule has 0 amide bonds. The van der Waals surface area contributed by atoms with Gasteiger partial charge >= 0.3 is 0 Å². The lowest BCUT2D eigenvalue weighted by Gasteiger charge is -2.08. The summed E-state index contributed by atoms with van der Waals surface area (Å²) in [4.78, 5) is 0. The fourth-order valence-corrected chi connectivity index (χ4v) is 1.58. The highest BCUT2D eigenvalue weighted by Gasteiger charge is 2.13. The molecule has 2 rings (SSSR count). The maximum atomic E-state index is 4.47. The van der Waals surface area contributed by atoms with Crippen molar-refractivity contribution in [2.75, 3.05) is 0 Å². The van der Waals surface area contributed by atoms with Crippen molar-refractivity contribution < 1.29 is 0 Å². The summed E-state index contributed by atoms with van der Waals surface area (Å²) in [6.07, 6.45) is 8.89. The second-order valence-electron chi connectivity index (χ2n) is 3.47. The van der Waals surface area contributed by atoms with Crippen LogP contribution in [-0.4, -0.2) is 9.78 Å². The maximum Gasteiger partial charge on any atom is 0.0622 e. The fraction of sp³-hybridized carbons (Fsp3) is 0.500. The molecular weight excluding hydrogens is 148 g/mol. The highest BCUT2D eigenvalue weighted by Crippen LogP contribution is 2.23.